The molecule has 1 saturated heterocycles. The number of rotatable bonds is 3. The summed E-state index contributed by atoms with van der Waals surface area (Å²) < 4.78 is 5.93. The van der Waals surface area contributed by atoms with Crippen LogP contribution in [0.4, 0.5) is 0 Å². The quantitative estimate of drug-likeness (QED) is 0.922. The summed E-state index contributed by atoms with van der Waals surface area (Å²) in [7, 11) is 0. The van der Waals surface area contributed by atoms with Gasteiger partial charge in [0.05, 0.1) is 18.8 Å². The largest absolute Gasteiger partial charge is 0.374 e. The van der Waals surface area contributed by atoms with Crippen LogP contribution in [0.5, 0.6) is 0 Å². The number of hydrogen-bond acceptors (Lipinski definition) is 3. The zero-order chi connectivity index (χ0) is 14.9. The number of nitrogens with two attached hydrogens (primary N) is 1. The van der Waals surface area contributed by atoms with Gasteiger partial charge in [-0.3, -0.25) is 4.90 Å². The van der Waals surface area contributed by atoms with Crippen LogP contribution in [-0.4, -0.2) is 36.7 Å². The summed E-state index contributed by atoms with van der Waals surface area (Å²) in [5, 5.41) is 0. The van der Waals surface area contributed by atoms with Gasteiger partial charge < -0.3 is 10.5 Å². The van der Waals surface area contributed by atoms with Gasteiger partial charge in [-0.2, -0.15) is 0 Å². The third kappa shape index (κ3) is 2.90. The molecule has 2 N–H and O–H groups in total. The molecule has 0 saturated carbocycles. The lowest BCUT2D eigenvalue weighted by atomic mass is 9.90. The van der Waals surface area contributed by atoms with Crippen molar-refractivity contribution in [1.29, 1.82) is 0 Å². The number of nitrogens with zero attached hydrogens (tertiary/aromatic N) is 1. The van der Waals surface area contributed by atoms with Crippen LogP contribution in [0.3, 0.4) is 0 Å². The van der Waals surface area contributed by atoms with Crippen molar-refractivity contribution in [2.75, 3.05) is 19.7 Å². The molecule has 1 heterocycles. The van der Waals surface area contributed by atoms with E-state index in [4.69, 9.17) is 10.5 Å². The maximum atomic E-state index is 5.96. The number of aryl methyl sites for hydroxylation is 3. The second kappa shape index (κ2) is 6.25. The maximum absolute atomic E-state index is 5.96. The summed E-state index contributed by atoms with van der Waals surface area (Å²) in [6.45, 7) is 13.4. The van der Waals surface area contributed by atoms with Gasteiger partial charge in [0, 0.05) is 19.1 Å². The van der Waals surface area contributed by atoms with Crippen molar-refractivity contribution < 1.29 is 4.74 Å². The normalized spacial score (nSPS) is 24.4. The van der Waals surface area contributed by atoms with E-state index in [1.807, 2.05) is 0 Å². The van der Waals surface area contributed by atoms with E-state index in [1.54, 1.807) is 0 Å². The summed E-state index contributed by atoms with van der Waals surface area (Å²) in [4.78, 5) is 2.53. The first kappa shape index (κ1) is 15.5. The highest BCUT2D eigenvalue weighted by atomic mass is 16.5. The fraction of sp³-hybridized carbons (Fsp3) is 0.647. The lowest BCUT2D eigenvalue weighted by Crippen LogP contribution is -2.50. The minimum Gasteiger partial charge on any atom is -0.374 e. The third-order valence-corrected chi connectivity index (χ3v) is 4.49. The van der Waals surface area contributed by atoms with Crippen LogP contribution in [0.2, 0.25) is 0 Å². The van der Waals surface area contributed by atoms with Crippen molar-refractivity contribution in [2.45, 2.75) is 52.8 Å². The number of morpholine rings is 1. The van der Waals surface area contributed by atoms with Crippen molar-refractivity contribution in [3.63, 3.8) is 0 Å². The molecule has 2 rings (SSSR count). The zero-order valence-corrected chi connectivity index (χ0v) is 13.4. The number of hydrogen-bond donors (Lipinski definition) is 1. The molecule has 0 spiro atoms. The number of benzene rings is 1. The highest BCUT2D eigenvalue weighted by Crippen LogP contribution is 2.34. The predicted molar refractivity (Wildman–Crippen MR) is 84.0 cm³/mol. The highest BCUT2D eigenvalue weighted by molar-refractivity contribution is 5.39. The molecule has 2 atom stereocenters. The lowest BCUT2D eigenvalue weighted by Gasteiger charge is -2.44. The van der Waals surface area contributed by atoms with E-state index in [2.05, 4.69) is 51.7 Å². The maximum Gasteiger partial charge on any atom is 0.0894 e. The average molecular weight is 276 g/mol. The molecule has 112 valence electrons. The average Bonchev–Trinajstić information content (AvgIpc) is 2.42. The van der Waals surface area contributed by atoms with Gasteiger partial charge in [-0.05, 0) is 56.9 Å². The van der Waals surface area contributed by atoms with Crippen molar-refractivity contribution in [3.8, 4) is 0 Å². The Hall–Kier alpha value is -0.900. The Labute approximate surface area is 123 Å². The molecule has 1 aromatic rings. The second-order valence-electron chi connectivity index (χ2n) is 6.21. The SMILES string of the molecule is Cc1cc(C)c(C2C(CN)OCCN2C(C)C)cc1C. The molecule has 1 aliphatic rings. The van der Waals surface area contributed by atoms with E-state index in [0.29, 0.717) is 12.6 Å². The fourth-order valence-corrected chi connectivity index (χ4v) is 3.21. The molecule has 0 bridgehead atoms. The van der Waals surface area contributed by atoms with Crippen LogP contribution in [-0.2, 0) is 4.74 Å². The van der Waals surface area contributed by atoms with E-state index in [0.717, 1.165) is 13.2 Å². The Balaban J connectivity index is 2.46. The van der Waals surface area contributed by atoms with Gasteiger partial charge in [-0.25, -0.2) is 0 Å². The Morgan fingerprint density at radius 1 is 1.20 bits per heavy atom. The van der Waals surface area contributed by atoms with E-state index < -0.39 is 0 Å². The molecular weight excluding hydrogens is 248 g/mol. The summed E-state index contributed by atoms with van der Waals surface area (Å²) in [5.41, 5.74) is 11.4. The van der Waals surface area contributed by atoms with Gasteiger partial charge in [-0.15, -0.1) is 0 Å². The molecular formula is C17H28N2O. The van der Waals surface area contributed by atoms with Gasteiger partial charge in [0.15, 0.2) is 0 Å². The molecule has 20 heavy (non-hydrogen) atoms. The fourth-order valence-electron chi connectivity index (χ4n) is 3.21. The van der Waals surface area contributed by atoms with Crippen LogP contribution >= 0.6 is 0 Å². The van der Waals surface area contributed by atoms with Gasteiger partial charge in [0.25, 0.3) is 0 Å². The summed E-state index contributed by atoms with van der Waals surface area (Å²) >= 11 is 0. The molecule has 0 amide bonds. The van der Waals surface area contributed by atoms with Crippen molar-refractivity contribution in [3.05, 3.63) is 34.4 Å². The molecule has 0 aromatic heterocycles. The van der Waals surface area contributed by atoms with Crippen molar-refractivity contribution in [1.82, 2.24) is 4.90 Å². The molecule has 1 fully saturated rings. The minimum absolute atomic E-state index is 0.0898. The predicted octanol–water partition coefficient (Wildman–Crippen LogP) is 2.72. The third-order valence-electron chi connectivity index (χ3n) is 4.49. The monoisotopic (exact) mass is 276 g/mol. The highest BCUT2D eigenvalue weighted by Gasteiger charge is 2.35. The van der Waals surface area contributed by atoms with E-state index in [9.17, 15) is 0 Å². The lowest BCUT2D eigenvalue weighted by molar-refractivity contribution is -0.0791. The minimum atomic E-state index is 0.0898. The van der Waals surface area contributed by atoms with Gasteiger partial charge in [0.1, 0.15) is 0 Å². The van der Waals surface area contributed by atoms with Crippen LogP contribution in [0.1, 0.15) is 42.1 Å². The molecule has 0 radical (unpaired) electrons. The Kier molecular flexibility index (Phi) is 4.84. The van der Waals surface area contributed by atoms with Gasteiger partial charge >= 0.3 is 0 Å². The molecule has 0 aliphatic carbocycles. The van der Waals surface area contributed by atoms with Crippen LogP contribution in [0, 0.1) is 20.8 Å². The van der Waals surface area contributed by atoms with Crippen LogP contribution in [0.15, 0.2) is 12.1 Å². The van der Waals surface area contributed by atoms with Crippen molar-refractivity contribution >= 4 is 0 Å². The Morgan fingerprint density at radius 3 is 2.45 bits per heavy atom. The van der Waals surface area contributed by atoms with Gasteiger partial charge in [-0.1, -0.05) is 12.1 Å². The molecule has 3 heteroatoms. The first-order chi connectivity index (χ1) is 9.45. The zero-order valence-electron chi connectivity index (χ0n) is 13.4. The van der Waals surface area contributed by atoms with Crippen LogP contribution in [0.25, 0.3) is 0 Å². The molecule has 2 unspecified atom stereocenters. The topological polar surface area (TPSA) is 38.5 Å². The molecule has 1 aliphatic heterocycles. The first-order valence-electron chi connectivity index (χ1n) is 7.60. The van der Waals surface area contributed by atoms with Crippen molar-refractivity contribution in [2.24, 2.45) is 5.73 Å². The van der Waals surface area contributed by atoms with E-state index >= 15 is 0 Å². The second-order valence-corrected chi connectivity index (χ2v) is 6.21. The number of ether oxygens (including phenoxy) is 1. The molecule has 1 aromatic carbocycles. The van der Waals surface area contributed by atoms with E-state index in [1.165, 1.54) is 22.3 Å². The summed E-state index contributed by atoms with van der Waals surface area (Å²) in [5.74, 6) is 0. The van der Waals surface area contributed by atoms with Crippen LogP contribution < -0.4 is 5.73 Å². The standard InChI is InChI=1S/C17H28N2O/c1-11(2)19-6-7-20-16(10-18)17(19)15-9-13(4)12(3)8-14(15)5/h8-9,11,16-17H,6-7,10,18H2,1-5H3. The van der Waals surface area contributed by atoms with Gasteiger partial charge in [0.2, 0.25) is 0 Å². The molecule has 3 nitrogen and oxygen atoms in total. The summed E-state index contributed by atoms with van der Waals surface area (Å²) in [6.07, 6.45) is 0.0898. The van der Waals surface area contributed by atoms with E-state index in [-0.39, 0.29) is 12.1 Å². The first-order valence-corrected chi connectivity index (χ1v) is 7.60. The Bertz CT molecular complexity index is 470. The summed E-state index contributed by atoms with van der Waals surface area (Å²) in [6, 6.07) is 5.37. The smallest absolute Gasteiger partial charge is 0.0894 e. The Morgan fingerprint density at radius 2 is 1.85 bits per heavy atom.